The number of unbranched alkanes of at least 4 members (excludes halogenated alkanes) is 3. The van der Waals surface area contributed by atoms with Crippen LogP contribution in [0.5, 0.6) is 0 Å². The third kappa shape index (κ3) is 6.46. The van der Waals surface area contributed by atoms with Gasteiger partial charge in [-0.05, 0) is 20.0 Å². The van der Waals surface area contributed by atoms with Crippen LogP contribution in [0, 0.1) is 0 Å². The summed E-state index contributed by atoms with van der Waals surface area (Å²) in [6.07, 6.45) is 5.50. The molecule has 1 heterocycles. The first kappa shape index (κ1) is 13.9. The molecule has 3 heteroatoms. The Morgan fingerprint density at radius 3 is 2.50 bits per heavy atom. The van der Waals surface area contributed by atoms with Gasteiger partial charge in [-0.1, -0.05) is 26.2 Å². The van der Waals surface area contributed by atoms with Crippen LogP contribution >= 0.6 is 0 Å². The van der Waals surface area contributed by atoms with Gasteiger partial charge >= 0.3 is 0 Å². The van der Waals surface area contributed by atoms with Gasteiger partial charge in [0.05, 0.1) is 0 Å². The van der Waals surface area contributed by atoms with Crippen molar-refractivity contribution in [3.63, 3.8) is 0 Å². The van der Waals surface area contributed by atoms with E-state index in [1.165, 1.54) is 71.5 Å². The van der Waals surface area contributed by atoms with Crippen molar-refractivity contribution in [2.24, 2.45) is 0 Å². The molecule has 1 saturated heterocycles. The molecule has 0 saturated carbocycles. The SMILES string of the molecule is CCCCCCN(C)CCN1CCNCC1. The Balaban J connectivity index is 1.94. The molecule has 96 valence electrons. The maximum atomic E-state index is 3.40. The van der Waals surface area contributed by atoms with Crippen molar-refractivity contribution in [2.75, 3.05) is 52.9 Å². The zero-order valence-electron chi connectivity index (χ0n) is 11.2. The molecule has 0 atom stereocenters. The smallest absolute Gasteiger partial charge is 0.0110 e. The normalized spacial score (nSPS) is 18.2. The molecule has 0 aliphatic carbocycles. The lowest BCUT2D eigenvalue weighted by atomic mass is 10.2. The lowest BCUT2D eigenvalue weighted by Crippen LogP contribution is -2.46. The lowest BCUT2D eigenvalue weighted by Gasteiger charge is -2.29. The molecule has 1 N–H and O–H groups in total. The van der Waals surface area contributed by atoms with Crippen LogP contribution in [-0.2, 0) is 0 Å². The Kier molecular flexibility index (Phi) is 7.81. The van der Waals surface area contributed by atoms with Crippen LogP contribution < -0.4 is 5.32 Å². The average Bonchev–Trinajstić information content (AvgIpc) is 2.33. The first-order valence-corrected chi connectivity index (χ1v) is 6.94. The Morgan fingerprint density at radius 2 is 1.81 bits per heavy atom. The highest BCUT2D eigenvalue weighted by molar-refractivity contribution is 4.68. The lowest BCUT2D eigenvalue weighted by molar-refractivity contribution is 0.203. The van der Waals surface area contributed by atoms with Crippen LogP contribution in [0.1, 0.15) is 32.6 Å². The van der Waals surface area contributed by atoms with E-state index in [0.717, 1.165) is 0 Å². The molecule has 0 aromatic heterocycles. The number of piperazine rings is 1. The molecule has 0 unspecified atom stereocenters. The summed E-state index contributed by atoms with van der Waals surface area (Å²) in [5, 5.41) is 3.40. The second-order valence-electron chi connectivity index (χ2n) is 4.96. The van der Waals surface area contributed by atoms with Crippen molar-refractivity contribution in [1.29, 1.82) is 0 Å². The average molecular weight is 227 g/mol. The summed E-state index contributed by atoms with van der Waals surface area (Å²) < 4.78 is 0. The molecule has 0 spiro atoms. The minimum atomic E-state index is 1.17. The molecular formula is C13H29N3. The molecule has 1 fully saturated rings. The Hall–Kier alpha value is -0.120. The van der Waals surface area contributed by atoms with Gasteiger partial charge < -0.3 is 10.2 Å². The van der Waals surface area contributed by atoms with E-state index in [-0.39, 0.29) is 0 Å². The van der Waals surface area contributed by atoms with Gasteiger partial charge in [-0.3, -0.25) is 4.90 Å². The molecule has 0 amide bonds. The van der Waals surface area contributed by atoms with Gasteiger partial charge in [0.15, 0.2) is 0 Å². The fourth-order valence-electron chi connectivity index (χ4n) is 2.17. The molecule has 1 aliphatic rings. The van der Waals surface area contributed by atoms with Crippen molar-refractivity contribution in [1.82, 2.24) is 15.1 Å². The molecule has 3 nitrogen and oxygen atoms in total. The van der Waals surface area contributed by atoms with E-state index in [0.29, 0.717) is 0 Å². The highest BCUT2D eigenvalue weighted by Gasteiger charge is 2.09. The first-order valence-electron chi connectivity index (χ1n) is 6.94. The third-order valence-electron chi connectivity index (χ3n) is 3.40. The van der Waals surface area contributed by atoms with E-state index in [1.54, 1.807) is 0 Å². The maximum Gasteiger partial charge on any atom is 0.0110 e. The highest BCUT2D eigenvalue weighted by atomic mass is 15.2. The van der Waals surface area contributed by atoms with Crippen molar-refractivity contribution < 1.29 is 0 Å². The number of nitrogens with one attached hydrogen (secondary N) is 1. The van der Waals surface area contributed by atoms with Crippen molar-refractivity contribution in [3.05, 3.63) is 0 Å². The zero-order chi connectivity index (χ0) is 11.6. The van der Waals surface area contributed by atoms with E-state index in [1.807, 2.05) is 0 Å². The summed E-state index contributed by atoms with van der Waals surface area (Å²) in [4.78, 5) is 5.05. The predicted octanol–water partition coefficient (Wildman–Crippen LogP) is 1.40. The van der Waals surface area contributed by atoms with Crippen molar-refractivity contribution in [2.45, 2.75) is 32.6 Å². The Labute approximate surface area is 101 Å². The third-order valence-corrected chi connectivity index (χ3v) is 3.40. The van der Waals surface area contributed by atoms with Gasteiger partial charge in [0.2, 0.25) is 0 Å². The monoisotopic (exact) mass is 227 g/mol. The fourth-order valence-corrected chi connectivity index (χ4v) is 2.17. The second-order valence-corrected chi connectivity index (χ2v) is 4.96. The summed E-state index contributed by atoms with van der Waals surface area (Å²) in [5.74, 6) is 0. The number of likely N-dealkylation sites (N-methyl/N-ethyl adjacent to an activating group) is 1. The number of nitrogens with zero attached hydrogens (tertiary/aromatic N) is 2. The number of rotatable bonds is 8. The molecule has 1 rings (SSSR count). The minimum Gasteiger partial charge on any atom is -0.314 e. The first-order chi connectivity index (χ1) is 7.83. The summed E-state index contributed by atoms with van der Waals surface area (Å²) in [5.41, 5.74) is 0. The van der Waals surface area contributed by atoms with Gasteiger partial charge in [0.25, 0.3) is 0 Å². The number of hydrogen-bond donors (Lipinski definition) is 1. The summed E-state index contributed by atoms with van der Waals surface area (Å²) in [6.45, 7) is 10.8. The molecule has 0 radical (unpaired) electrons. The van der Waals surface area contributed by atoms with E-state index in [2.05, 4.69) is 29.1 Å². The summed E-state index contributed by atoms with van der Waals surface area (Å²) in [7, 11) is 2.26. The quantitative estimate of drug-likeness (QED) is 0.633. The standard InChI is InChI=1S/C13H29N3/c1-3-4-5-6-9-15(2)12-13-16-10-7-14-8-11-16/h14H,3-13H2,1-2H3. The van der Waals surface area contributed by atoms with Gasteiger partial charge in [-0.15, -0.1) is 0 Å². The van der Waals surface area contributed by atoms with Crippen LogP contribution in [0.4, 0.5) is 0 Å². The Bertz CT molecular complexity index is 155. The second kappa shape index (κ2) is 8.97. The topological polar surface area (TPSA) is 18.5 Å². The van der Waals surface area contributed by atoms with Crippen LogP contribution in [0.15, 0.2) is 0 Å². The van der Waals surface area contributed by atoms with Crippen LogP contribution in [0.2, 0.25) is 0 Å². The van der Waals surface area contributed by atoms with E-state index >= 15 is 0 Å². The summed E-state index contributed by atoms with van der Waals surface area (Å²) in [6, 6.07) is 0. The molecule has 1 aliphatic heterocycles. The van der Waals surface area contributed by atoms with Gasteiger partial charge in [-0.25, -0.2) is 0 Å². The van der Waals surface area contributed by atoms with Crippen molar-refractivity contribution in [3.8, 4) is 0 Å². The molecule has 0 aromatic carbocycles. The van der Waals surface area contributed by atoms with Crippen LogP contribution in [0.25, 0.3) is 0 Å². The van der Waals surface area contributed by atoms with Gasteiger partial charge in [0, 0.05) is 39.3 Å². The van der Waals surface area contributed by atoms with Crippen LogP contribution in [0.3, 0.4) is 0 Å². The van der Waals surface area contributed by atoms with Gasteiger partial charge in [-0.2, -0.15) is 0 Å². The van der Waals surface area contributed by atoms with Crippen molar-refractivity contribution >= 4 is 0 Å². The summed E-state index contributed by atoms with van der Waals surface area (Å²) >= 11 is 0. The molecule has 0 aromatic rings. The zero-order valence-corrected chi connectivity index (χ0v) is 11.2. The van der Waals surface area contributed by atoms with Crippen LogP contribution in [-0.4, -0.2) is 62.7 Å². The predicted molar refractivity (Wildman–Crippen MR) is 70.9 cm³/mol. The van der Waals surface area contributed by atoms with Gasteiger partial charge in [0.1, 0.15) is 0 Å². The van der Waals surface area contributed by atoms with E-state index in [9.17, 15) is 0 Å². The fraction of sp³-hybridized carbons (Fsp3) is 1.00. The van der Waals surface area contributed by atoms with E-state index in [4.69, 9.17) is 0 Å². The minimum absolute atomic E-state index is 1.17. The number of hydrogen-bond acceptors (Lipinski definition) is 3. The van der Waals surface area contributed by atoms with E-state index < -0.39 is 0 Å². The maximum absolute atomic E-state index is 3.40. The Morgan fingerprint density at radius 1 is 1.06 bits per heavy atom. The molecule has 0 bridgehead atoms. The molecule has 16 heavy (non-hydrogen) atoms. The molecular weight excluding hydrogens is 198 g/mol. The largest absolute Gasteiger partial charge is 0.314 e. The highest BCUT2D eigenvalue weighted by Crippen LogP contribution is 2.00.